The van der Waals surface area contributed by atoms with Gasteiger partial charge in [0.25, 0.3) is 0 Å². The zero-order valence-corrected chi connectivity index (χ0v) is 14.3. The minimum absolute atomic E-state index is 0.316. The lowest BCUT2D eigenvalue weighted by Gasteiger charge is -2.37. The standard InChI is InChI=1S/C17H15BrNO2S/c18-13-3-1-12(2-4-13)15-10-22-8-7-19(15)14-5-6-16-17(9-14)21-11-20-16/h1-6,8-9,15H,7,10-11H2. The molecule has 2 aliphatic rings. The maximum absolute atomic E-state index is 5.52. The van der Waals surface area contributed by atoms with Gasteiger partial charge in [0.15, 0.2) is 11.5 Å². The number of fused-ring (bicyclic) bond motifs is 1. The first-order valence-corrected chi connectivity index (χ1v) is 9.00. The molecule has 2 aliphatic heterocycles. The minimum Gasteiger partial charge on any atom is -0.454 e. The SMILES string of the molecule is Brc1ccc(C2CS[CH]CN2c2ccc3c(c2)OCO3)cc1. The third-order valence-corrected chi connectivity index (χ3v) is 5.38. The maximum Gasteiger partial charge on any atom is 0.231 e. The molecular weight excluding hydrogens is 362 g/mol. The molecule has 0 amide bonds. The number of halogens is 1. The van der Waals surface area contributed by atoms with Crippen LogP contribution < -0.4 is 14.4 Å². The fourth-order valence-electron chi connectivity index (χ4n) is 2.82. The van der Waals surface area contributed by atoms with E-state index < -0.39 is 0 Å². The monoisotopic (exact) mass is 376 g/mol. The van der Waals surface area contributed by atoms with Gasteiger partial charge in [-0.2, -0.15) is 11.8 Å². The zero-order valence-electron chi connectivity index (χ0n) is 11.9. The lowest BCUT2D eigenvalue weighted by molar-refractivity contribution is 0.174. The smallest absolute Gasteiger partial charge is 0.231 e. The maximum atomic E-state index is 5.52. The second-order valence-corrected chi connectivity index (χ2v) is 7.17. The van der Waals surface area contributed by atoms with E-state index in [9.17, 15) is 0 Å². The Morgan fingerprint density at radius 3 is 2.73 bits per heavy atom. The van der Waals surface area contributed by atoms with Crippen LogP contribution in [0.1, 0.15) is 11.6 Å². The minimum atomic E-state index is 0.316. The summed E-state index contributed by atoms with van der Waals surface area (Å²) in [7, 11) is 0. The highest BCUT2D eigenvalue weighted by Crippen LogP contribution is 2.40. The largest absolute Gasteiger partial charge is 0.454 e. The van der Waals surface area contributed by atoms with Gasteiger partial charge >= 0.3 is 0 Å². The summed E-state index contributed by atoms with van der Waals surface area (Å²) in [6.45, 7) is 1.24. The fourth-order valence-corrected chi connectivity index (χ4v) is 4.04. The molecule has 1 radical (unpaired) electrons. The number of benzene rings is 2. The topological polar surface area (TPSA) is 21.7 Å². The molecule has 0 N–H and O–H groups in total. The van der Waals surface area contributed by atoms with Crippen LogP contribution in [0.15, 0.2) is 46.9 Å². The lowest BCUT2D eigenvalue weighted by atomic mass is 10.1. The Labute approximate surface area is 142 Å². The summed E-state index contributed by atoms with van der Waals surface area (Å²) in [4.78, 5) is 2.42. The van der Waals surface area contributed by atoms with Crippen molar-refractivity contribution in [3.63, 3.8) is 0 Å². The summed E-state index contributed by atoms with van der Waals surface area (Å²) >= 11 is 5.40. The van der Waals surface area contributed by atoms with Crippen LogP contribution in [0.5, 0.6) is 11.5 Å². The van der Waals surface area contributed by atoms with E-state index in [1.165, 1.54) is 11.3 Å². The van der Waals surface area contributed by atoms with E-state index in [0.29, 0.717) is 12.8 Å². The summed E-state index contributed by atoms with van der Waals surface area (Å²) in [6.07, 6.45) is 0. The molecule has 0 aliphatic carbocycles. The van der Waals surface area contributed by atoms with Gasteiger partial charge in [-0.15, -0.1) is 0 Å². The van der Waals surface area contributed by atoms with Crippen LogP contribution >= 0.6 is 27.7 Å². The van der Waals surface area contributed by atoms with Gasteiger partial charge in [-0.3, -0.25) is 0 Å². The van der Waals surface area contributed by atoms with Crippen LogP contribution in [-0.4, -0.2) is 19.1 Å². The average molecular weight is 377 g/mol. The van der Waals surface area contributed by atoms with Crippen molar-refractivity contribution in [2.24, 2.45) is 0 Å². The second-order valence-electron chi connectivity index (χ2n) is 5.26. The van der Waals surface area contributed by atoms with Crippen LogP contribution in [0.2, 0.25) is 0 Å². The Bertz CT molecular complexity index is 677. The predicted molar refractivity (Wildman–Crippen MR) is 93.6 cm³/mol. The Kier molecular flexibility index (Phi) is 3.92. The number of anilines is 1. The van der Waals surface area contributed by atoms with E-state index in [4.69, 9.17) is 9.47 Å². The third kappa shape index (κ3) is 2.68. The van der Waals surface area contributed by atoms with Crippen molar-refractivity contribution in [2.75, 3.05) is 24.0 Å². The molecule has 0 aromatic heterocycles. The van der Waals surface area contributed by atoms with Crippen LogP contribution in [0.3, 0.4) is 0 Å². The summed E-state index contributed by atoms with van der Waals surface area (Å²) < 4.78 is 12.0. The number of rotatable bonds is 2. The Morgan fingerprint density at radius 2 is 1.86 bits per heavy atom. The average Bonchev–Trinajstić information content (AvgIpc) is 3.03. The molecular formula is C17H15BrNO2S. The van der Waals surface area contributed by atoms with E-state index in [-0.39, 0.29) is 0 Å². The first-order chi connectivity index (χ1) is 10.8. The molecule has 2 aromatic rings. The summed E-state index contributed by atoms with van der Waals surface area (Å²) in [5.74, 6) is 4.99. The molecule has 22 heavy (non-hydrogen) atoms. The van der Waals surface area contributed by atoms with E-state index in [1.807, 2.05) is 17.8 Å². The van der Waals surface area contributed by atoms with Crippen molar-refractivity contribution >= 4 is 33.4 Å². The van der Waals surface area contributed by atoms with Gasteiger partial charge in [0.05, 0.1) is 6.04 Å². The number of hydrogen-bond donors (Lipinski definition) is 0. The van der Waals surface area contributed by atoms with Crippen LogP contribution in [0.4, 0.5) is 5.69 Å². The zero-order chi connectivity index (χ0) is 14.9. The van der Waals surface area contributed by atoms with Crippen LogP contribution in [0, 0.1) is 5.75 Å². The molecule has 0 bridgehead atoms. The van der Waals surface area contributed by atoms with Crippen molar-refractivity contribution in [3.8, 4) is 11.5 Å². The first kappa shape index (κ1) is 14.3. The van der Waals surface area contributed by atoms with E-state index >= 15 is 0 Å². The van der Waals surface area contributed by atoms with E-state index in [2.05, 4.69) is 63.0 Å². The molecule has 5 heteroatoms. The first-order valence-electron chi connectivity index (χ1n) is 7.16. The molecule has 3 nitrogen and oxygen atoms in total. The Morgan fingerprint density at radius 1 is 1.05 bits per heavy atom. The number of hydrogen-bond acceptors (Lipinski definition) is 4. The normalized spacial score (nSPS) is 20.2. The summed E-state index contributed by atoms with van der Waals surface area (Å²) in [5, 5.41) is 0. The summed E-state index contributed by atoms with van der Waals surface area (Å²) in [5.41, 5.74) is 2.51. The van der Waals surface area contributed by atoms with Crippen molar-refractivity contribution in [3.05, 3.63) is 58.3 Å². The number of thioether (sulfide) groups is 1. The number of ether oxygens (including phenoxy) is 2. The van der Waals surface area contributed by atoms with Gasteiger partial charge < -0.3 is 14.4 Å². The molecule has 2 heterocycles. The van der Waals surface area contributed by atoms with E-state index in [1.54, 1.807) is 0 Å². The number of nitrogens with zero attached hydrogens (tertiary/aromatic N) is 1. The third-order valence-electron chi connectivity index (χ3n) is 3.96. The quantitative estimate of drug-likeness (QED) is 0.761. The van der Waals surface area contributed by atoms with E-state index in [0.717, 1.165) is 28.3 Å². The molecule has 4 rings (SSSR count). The molecule has 113 valence electrons. The lowest BCUT2D eigenvalue weighted by Crippen LogP contribution is -2.34. The molecule has 0 spiro atoms. The predicted octanol–water partition coefficient (Wildman–Crippen LogP) is 4.63. The van der Waals surface area contributed by atoms with Crippen molar-refractivity contribution in [2.45, 2.75) is 6.04 Å². The van der Waals surface area contributed by atoms with Crippen LogP contribution in [-0.2, 0) is 0 Å². The molecule has 1 fully saturated rings. The molecule has 1 saturated heterocycles. The highest BCUT2D eigenvalue weighted by molar-refractivity contribution is 9.10. The van der Waals surface area contributed by atoms with Gasteiger partial charge in [0.2, 0.25) is 6.79 Å². The molecule has 2 aromatic carbocycles. The van der Waals surface area contributed by atoms with Crippen molar-refractivity contribution < 1.29 is 9.47 Å². The molecule has 0 saturated carbocycles. The Balaban J connectivity index is 1.67. The van der Waals surface area contributed by atoms with Crippen molar-refractivity contribution in [1.29, 1.82) is 0 Å². The summed E-state index contributed by atoms with van der Waals surface area (Å²) in [6, 6.07) is 15.2. The van der Waals surface area contributed by atoms with Gasteiger partial charge in [-0.05, 0) is 29.8 Å². The van der Waals surface area contributed by atoms with Gasteiger partial charge in [0.1, 0.15) is 0 Å². The highest BCUT2D eigenvalue weighted by Gasteiger charge is 2.26. The van der Waals surface area contributed by atoms with Crippen molar-refractivity contribution in [1.82, 2.24) is 0 Å². The fraction of sp³-hybridized carbons (Fsp3) is 0.235. The van der Waals surface area contributed by atoms with Gasteiger partial charge in [-0.1, -0.05) is 28.1 Å². The second kappa shape index (κ2) is 6.05. The Hall–Kier alpha value is -1.33. The molecule has 1 unspecified atom stereocenters. The van der Waals surface area contributed by atoms with Gasteiger partial charge in [-0.25, -0.2) is 0 Å². The highest BCUT2D eigenvalue weighted by atomic mass is 79.9. The van der Waals surface area contributed by atoms with Gasteiger partial charge in [0, 0.05) is 34.3 Å². The van der Waals surface area contributed by atoms with Crippen LogP contribution in [0.25, 0.3) is 0 Å². The molecule has 1 atom stereocenters.